The molecular weight excluding hydrogens is 380 g/mol. The molecule has 156 valence electrons. The van der Waals surface area contributed by atoms with Crippen LogP contribution in [0.15, 0.2) is 59.5 Å². The van der Waals surface area contributed by atoms with Gasteiger partial charge in [0.1, 0.15) is 5.52 Å². The maximum Gasteiger partial charge on any atom is 0.260 e. The van der Waals surface area contributed by atoms with Gasteiger partial charge in [0.05, 0.1) is 7.11 Å². The molecule has 2 heterocycles. The summed E-state index contributed by atoms with van der Waals surface area (Å²) in [5.41, 5.74) is 2.78. The molecule has 4 rings (SSSR count). The predicted octanol–water partition coefficient (Wildman–Crippen LogP) is 4.35. The monoisotopic (exact) mass is 406 g/mol. The lowest BCUT2D eigenvalue weighted by atomic mass is 9.97. The zero-order valence-electron chi connectivity index (χ0n) is 17.2. The number of carbonyl (C=O) groups is 1. The van der Waals surface area contributed by atoms with Gasteiger partial charge in [-0.2, -0.15) is 0 Å². The van der Waals surface area contributed by atoms with E-state index in [4.69, 9.17) is 13.9 Å². The van der Waals surface area contributed by atoms with Gasteiger partial charge < -0.3 is 18.8 Å². The standard InChI is InChI=1S/C24H26N2O4/c1-3-6-17-9-10-21(22(15-17)28-2)29-16-23(27)26-13-11-18(12-14-26)24-25-19-7-4-5-8-20(19)30-24/h3-5,7-10,15,18H,1,6,11-14,16H2,2H3. The smallest absolute Gasteiger partial charge is 0.260 e. The van der Waals surface area contributed by atoms with Crippen LogP contribution in [-0.2, 0) is 11.2 Å². The number of ether oxygens (including phenoxy) is 2. The normalized spacial score (nSPS) is 14.6. The van der Waals surface area contributed by atoms with Crippen molar-refractivity contribution >= 4 is 17.0 Å². The molecule has 1 fully saturated rings. The Morgan fingerprint density at radius 1 is 1.23 bits per heavy atom. The number of hydrogen-bond acceptors (Lipinski definition) is 5. The van der Waals surface area contributed by atoms with Crippen molar-refractivity contribution in [3.8, 4) is 11.5 Å². The van der Waals surface area contributed by atoms with E-state index in [2.05, 4.69) is 11.6 Å². The minimum Gasteiger partial charge on any atom is -0.493 e. The fourth-order valence-electron chi connectivity index (χ4n) is 3.80. The van der Waals surface area contributed by atoms with Gasteiger partial charge in [-0.3, -0.25) is 4.79 Å². The highest BCUT2D eigenvalue weighted by Crippen LogP contribution is 2.31. The van der Waals surface area contributed by atoms with Crippen molar-refractivity contribution in [1.29, 1.82) is 0 Å². The topological polar surface area (TPSA) is 64.8 Å². The Kier molecular flexibility index (Phi) is 6.02. The molecular formula is C24H26N2O4. The number of allylic oxidation sites excluding steroid dienone is 1. The van der Waals surface area contributed by atoms with Gasteiger partial charge in [-0.05, 0) is 49.1 Å². The zero-order chi connectivity index (χ0) is 20.9. The zero-order valence-corrected chi connectivity index (χ0v) is 17.2. The van der Waals surface area contributed by atoms with E-state index >= 15 is 0 Å². The number of methoxy groups -OCH3 is 1. The second-order valence-electron chi connectivity index (χ2n) is 7.44. The molecule has 1 aliphatic heterocycles. The van der Waals surface area contributed by atoms with Crippen molar-refractivity contribution in [2.24, 2.45) is 0 Å². The number of oxazole rings is 1. The molecule has 1 amide bonds. The number of fused-ring (bicyclic) bond motifs is 1. The Balaban J connectivity index is 1.32. The van der Waals surface area contributed by atoms with Crippen molar-refractivity contribution in [3.05, 3.63) is 66.6 Å². The van der Waals surface area contributed by atoms with Crippen LogP contribution < -0.4 is 9.47 Å². The van der Waals surface area contributed by atoms with Crippen LogP contribution in [0.4, 0.5) is 0 Å². The van der Waals surface area contributed by atoms with Crippen LogP contribution >= 0.6 is 0 Å². The van der Waals surface area contributed by atoms with E-state index < -0.39 is 0 Å². The fraction of sp³-hybridized carbons (Fsp3) is 0.333. The van der Waals surface area contributed by atoms with Gasteiger partial charge in [-0.25, -0.2) is 4.98 Å². The first kappa shape index (κ1) is 20.0. The maximum absolute atomic E-state index is 12.6. The van der Waals surface area contributed by atoms with Crippen LogP contribution in [0, 0.1) is 0 Å². The number of benzene rings is 2. The number of likely N-dealkylation sites (tertiary alicyclic amines) is 1. The van der Waals surface area contributed by atoms with Gasteiger partial charge in [-0.1, -0.05) is 24.3 Å². The van der Waals surface area contributed by atoms with E-state index in [1.165, 1.54) is 0 Å². The molecule has 0 spiro atoms. The summed E-state index contributed by atoms with van der Waals surface area (Å²) >= 11 is 0. The summed E-state index contributed by atoms with van der Waals surface area (Å²) in [6, 6.07) is 13.5. The van der Waals surface area contributed by atoms with Crippen LogP contribution in [-0.4, -0.2) is 42.6 Å². The lowest BCUT2D eigenvalue weighted by Gasteiger charge is -2.30. The van der Waals surface area contributed by atoms with Gasteiger partial charge in [-0.15, -0.1) is 6.58 Å². The lowest BCUT2D eigenvalue weighted by Crippen LogP contribution is -2.40. The first-order valence-electron chi connectivity index (χ1n) is 10.2. The van der Waals surface area contributed by atoms with Gasteiger partial charge in [0.25, 0.3) is 5.91 Å². The minimum absolute atomic E-state index is 0.00921. The van der Waals surface area contributed by atoms with Crippen LogP contribution in [0.2, 0.25) is 0 Å². The predicted molar refractivity (Wildman–Crippen MR) is 115 cm³/mol. The van der Waals surface area contributed by atoms with Crippen molar-refractivity contribution < 1.29 is 18.7 Å². The van der Waals surface area contributed by atoms with Crippen LogP contribution in [0.1, 0.15) is 30.2 Å². The Hall–Kier alpha value is -3.28. The van der Waals surface area contributed by atoms with Crippen molar-refractivity contribution in [2.75, 3.05) is 26.8 Å². The van der Waals surface area contributed by atoms with E-state index in [9.17, 15) is 4.79 Å². The number of rotatable bonds is 7. The van der Waals surface area contributed by atoms with Crippen molar-refractivity contribution in [1.82, 2.24) is 9.88 Å². The Morgan fingerprint density at radius 3 is 2.77 bits per heavy atom. The molecule has 0 radical (unpaired) electrons. The molecule has 0 bridgehead atoms. The molecule has 3 aromatic rings. The summed E-state index contributed by atoms with van der Waals surface area (Å²) in [4.78, 5) is 19.1. The average molecular weight is 406 g/mol. The summed E-state index contributed by atoms with van der Waals surface area (Å²) in [7, 11) is 1.60. The molecule has 6 heteroatoms. The summed E-state index contributed by atoms with van der Waals surface area (Å²) in [5, 5.41) is 0. The molecule has 0 aliphatic carbocycles. The maximum atomic E-state index is 12.6. The fourth-order valence-corrected chi connectivity index (χ4v) is 3.80. The average Bonchev–Trinajstić information content (AvgIpc) is 3.22. The SMILES string of the molecule is C=CCc1ccc(OCC(=O)N2CCC(c3nc4ccccc4o3)CC2)c(OC)c1. The summed E-state index contributed by atoms with van der Waals surface area (Å²) in [6.07, 6.45) is 4.25. The Bertz CT molecular complexity index is 1000. The Labute approximate surface area is 176 Å². The lowest BCUT2D eigenvalue weighted by molar-refractivity contribution is -0.134. The van der Waals surface area contributed by atoms with Gasteiger partial charge in [0.2, 0.25) is 0 Å². The van der Waals surface area contributed by atoms with Crippen LogP contribution in [0.3, 0.4) is 0 Å². The summed E-state index contributed by atoms with van der Waals surface area (Å²) in [6.45, 7) is 5.07. The number of nitrogens with zero attached hydrogens (tertiary/aromatic N) is 2. The molecule has 1 aromatic heterocycles. The van der Waals surface area contributed by atoms with Gasteiger partial charge in [0, 0.05) is 19.0 Å². The Morgan fingerprint density at radius 2 is 2.03 bits per heavy atom. The number of amides is 1. The minimum atomic E-state index is -0.0248. The molecule has 0 atom stereocenters. The highest BCUT2D eigenvalue weighted by molar-refractivity contribution is 5.78. The van der Waals surface area contributed by atoms with Crippen LogP contribution in [0.5, 0.6) is 11.5 Å². The summed E-state index contributed by atoms with van der Waals surface area (Å²) in [5.74, 6) is 2.17. The van der Waals surface area contributed by atoms with E-state index in [0.29, 0.717) is 24.6 Å². The highest BCUT2D eigenvalue weighted by atomic mass is 16.5. The number of para-hydroxylation sites is 2. The molecule has 0 N–H and O–H groups in total. The largest absolute Gasteiger partial charge is 0.493 e. The van der Waals surface area contributed by atoms with Gasteiger partial charge >= 0.3 is 0 Å². The number of hydrogen-bond donors (Lipinski definition) is 0. The quantitative estimate of drug-likeness (QED) is 0.546. The number of carbonyl (C=O) groups excluding carboxylic acids is 1. The van der Waals surface area contributed by atoms with E-state index in [-0.39, 0.29) is 18.4 Å². The molecule has 1 aliphatic rings. The molecule has 1 saturated heterocycles. The third-order valence-corrected chi connectivity index (χ3v) is 5.47. The molecule has 0 unspecified atom stereocenters. The number of aromatic nitrogens is 1. The number of piperidine rings is 1. The van der Waals surface area contributed by atoms with Crippen molar-refractivity contribution in [3.63, 3.8) is 0 Å². The van der Waals surface area contributed by atoms with Gasteiger partial charge in [0.15, 0.2) is 29.6 Å². The molecule has 6 nitrogen and oxygen atoms in total. The molecule has 30 heavy (non-hydrogen) atoms. The van der Waals surface area contributed by atoms with E-state index in [1.807, 2.05) is 53.4 Å². The second kappa shape index (κ2) is 9.03. The van der Waals surface area contributed by atoms with Crippen LogP contribution in [0.25, 0.3) is 11.1 Å². The van der Waals surface area contributed by atoms with E-state index in [1.54, 1.807) is 7.11 Å². The van der Waals surface area contributed by atoms with E-state index in [0.717, 1.165) is 41.8 Å². The highest BCUT2D eigenvalue weighted by Gasteiger charge is 2.27. The third-order valence-electron chi connectivity index (χ3n) is 5.47. The first-order chi connectivity index (χ1) is 14.7. The molecule has 0 saturated carbocycles. The third kappa shape index (κ3) is 4.32. The molecule has 2 aromatic carbocycles. The summed E-state index contributed by atoms with van der Waals surface area (Å²) < 4.78 is 17.1. The van der Waals surface area contributed by atoms with Crippen molar-refractivity contribution in [2.45, 2.75) is 25.2 Å². The second-order valence-corrected chi connectivity index (χ2v) is 7.44. The first-order valence-corrected chi connectivity index (χ1v) is 10.2.